The van der Waals surface area contributed by atoms with Crippen molar-refractivity contribution in [2.45, 2.75) is 50.5 Å². The molecule has 3 N–H and O–H groups in total. The predicted octanol–water partition coefficient (Wildman–Crippen LogP) is 1.69. The molecule has 0 aliphatic heterocycles. The van der Waals surface area contributed by atoms with Crippen molar-refractivity contribution < 1.29 is 13.2 Å². The fourth-order valence-corrected chi connectivity index (χ4v) is 4.41. The Morgan fingerprint density at radius 3 is 2.44 bits per heavy atom. The lowest BCUT2D eigenvalue weighted by atomic mass is 9.86. The molecule has 1 fully saturated rings. The molecule has 1 amide bonds. The van der Waals surface area contributed by atoms with Gasteiger partial charge in [-0.15, -0.1) is 0 Å². The van der Waals surface area contributed by atoms with Gasteiger partial charge < -0.3 is 5.32 Å². The highest BCUT2D eigenvalue weighted by Crippen LogP contribution is 2.23. The maximum absolute atomic E-state index is 12.5. The zero-order valence-electron chi connectivity index (χ0n) is 16.0. The molecule has 0 heterocycles. The van der Waals surface area contributed by atoms with E-state index in [4.69, 9.17) is 12.2 Å². The van der Waals surface area contributed by atoms with Gasteiger partial charge in [-0.2, -0.15) is 4.31 Å². The lowest BCUT2D eigenvalue weighted by Gasteiger charge is -2.30. The molecule has 1 aliphatic rings. The number of hydrogen-bond acceptors (Lipinski definition) is 4. The van der Waals surface area contributed by atoms with Crippen molar-refractivity contribution in [1.29, 1.82) is 0 Å². The van der Waals surface area contributed by atoms with E-state index in [1.54, 1.807) is 12.1 Å². The highest BCUT2D eigenvalue weighted by atomic mass is 32.2. The third kappa shape index (κ3) is 6.15. The van der Waals surface area contributed by atoms with Gasteiger partial charge in [0.25, 0.3) is 5.91 Å². The number of likely N-dealkylation sites (N-methyl/N-ethyl adjacent to an activating group) is 1. The van der Waals surface area contributed by atoms with Gasteiger partial charge in [0.1, 0.15) is 0 Å². The molecule has 0 radical (unpaired) electrons. The van der Waals surface area contributed by atoms with E-state index in [0.29, 0.717) is 17.1 Å². The number of rotatable bonds is 5. The number of nitrogens with zero attached hydrogens (tertiary/aromatic N) is 1. The molecule has 0 spiro atoms. The fraction of sp³-hybridized carbons (Fsp3) is 0.556. The van der Waals surface area contributed by atoms with Crippen LogP contribution in [0.3, 0.4) is 0 Å². The number of thiocarbonyl (C=S) groups is 1. The second-order valence-electron chi connectivity index (χ2n) is 7.09. The highest BCUT2D eigenvalue weighted by molar-refractivity contribution is 7.89. The summed E-state index contributed by atoms with van der Waals surface area (Å²) in [4.78, 5) is 12.2. The second-order valence-corrected chi connectivity index (χ2v) is 9.54. The van der Waals surface area contributed by atoms with Crippen LogP contribution in [0.5, 0.6) is 0 Å². The minimum Gasteiger partial charge on any atom is -0.358 e. The first-order valence-corrected chi connectivity index (χ1v) is 10.9. The molecule has 9 heteroatoms. The first-order chi connectivity index (χ1) is 12.7. The molecule has 0 bridgehead atoms. The molecule has 0 aromatic heterocycles. The summed E-state index contributed by atoms with van der Waals surface area (Å²) in [6, 6.07) is 6.79. The first kappa shape index (κ1) is 21.6. The van der Waals surface area contributed by atoms with Crippen LogP contribution in [0.2, 0.25) is 0 Å². The Bertz CT molecular complexity index is 765. The Balaban J connectivity index is 1.82. The normalized spacial score (nSPS) is 20.1. The molecule has 2 atom stereocenters. The van der Waals surface area contributed by atoms with E-state index >= 15 is 0 Å². The van der Waals surface area contributed by atoms with Crippen LogP contribution < -0.4 is 16.2 Å². The smallest absolute Gasteiger partial charge is 0.253 e. The molecule has 2 rings (SSSR count). The molecular weight excluding hydrogens is 384 g/mol. The summed E-state index contributed by atoms with van der Waals surface area (Å²) in [5, 5.41) is 3.55. The maximum Gasteiger partial charge on any atom is 0.253 e. The summed E-state index contributed by atoms with van der Waals surface area (Å²) in [5.74, 6) is 0.0361. The Labute approximate surface area is 166 Å². The number of benzene rings is 1. The molecule has 1 saturated carbocycles. The Morgan fingerprint density at radius 1 is 1.19 bits per heavy atom. The number of aryl methyl sites for hydroxylation is 1. The molecular formula is C18H28N4O3S2. The molecule has 1 aromatic rings. The zero-order chi connectivity index (χ0) is 20.0. The van der Waals surface area contributed by atoms with Gasteiger partial charge in [-0.3, -0.25) is 15.6 Å². The summed E-state index contributed by atoms with van der Waals surface area (Å²) in [6.07, 6.45) is 4.61. The standard InChI is InChI=1S/C18H28N4O3S2/c1-13-8-10-15(11-9-13)27(24,25)22(3)12-17(23)20-21-18(26)19-16-7-5-4-6-14(16)2/h8-11,14,16H,4-7,12H2,1-3H3,(H,20,23)(H2,19,21,26)/t14-,16+/m0/s1. The Hall–Kier alpha value is -1.71. The quantitative estimate of drug-likeness (QED) is 0.504. The number of carbonyl (C=O) groups is 1. The Kier molecular flexibility index (Phi) is 7.58. The van der Waals surface area contributed by atoms with Crippen LogP contribution in [0, 0.1) is 12.8 Å². The first-order valence-electron chi connectivity index (χ1n) is 9.08. The van der Waals surface area contributed by atoms with Crippen LogP contribution >= 0.6 is 12.2 Å². The van der Waals surface area contributed by atoms with Gasteiger partial charge in [-0.25, -0.2) is 8.42 Å². The third-order valence-corrected chi connectivity index (χ3v) is 6.88. The topological polar surface area (TPSA) is 90.5 Å². The van der Waals surface area contributed by atoms with Gasteiger partial charge in [0, 0.05) is 13.1 Å². The van der Waals surface area contributed by atoms with Crippen LogP contribution in [0.25, 0.3) is 0 Å². The van der Waals surface area contributed by atoms with Gasteiger partial charge in [0.15, 0.2) is 5.11 Å². The predicted molar refractivity (Wildman–Crippen MR) is 109 cm³/mol. The summed E-state index contributed by atoms with van der Waals surface area (Å²) in [7, 11) is -2.35. The van der Waals surface area contributed by atoms with E-state index in [0.717, 1.165) is 22.7 Å². The van der Waals surface area contributed by atoms with Crippen molar-refractivity contribution in [3.8, 4) is 0 Å². The molecule has 0 unspecified atom stereocenters. The molecule has 150 valence electrons. The van der Waals surface area contributed by atoms with Gasteiger partial charge in [-0.1, -0.05) is 37.5 Å². The number of carbonyl (C=O) groups excluding carboxylic acids is 1. The third-order valence-electron chi connectivity index (χ3n) is 4.84. The van der Waals surface area contributed by atoms with E-state index in [1.165, 1.54) is 32.0 Å². The van der Waals surface area contributed by atoms with Crippen molar-refractivity contribution in [2.75, 3.05) is 13.6 Å². The average molecular weight is 413 g/mol. The largest absolute Gasteiger partial charge is 0.358 e. The van der Waals surface area contributed by atoms with Crippen molar-refractivity contribution in [3.05, 3.63) is 29.8 Å². The number of nitrogens with one attached hydrogen (secondary N) is 3. The number of sulfonamides is 1. The van der Waals surface area contributed by atoms with Crippen LogP contribution in [-0.2, 0) is 14.8 Å². The van der Waals surface area contributed by atoms with E-state index in [-0.39, 0.29) is 11.4 Å². The van der Waals surface area contributed by atoms with Gasteiger partial charge in [0.05, 0.1) is 11.4 Å². The van der Waals surface area contributed by atoms with Crippen LogP contribution in [0.4, 0.5) is 0 Å². The van der Waals surface area contributed by atoms with E-state index in [2.05, 4.69) is 23.1 Å². The lowest BCUT2D eigenvalue weighted by molar-refractivity contribution is -0.121. The lowest BCUT2D eigenvalue weighted by Crippen LogP contribution is -2.53. The van der Waals surface area contributed by atoms with Gasteiger partial charge >= 0.3 is 0 Å². The number of hydrazine groups is 1. The summed E-state index contributed by atoms with van der Waals surface area (Å²) in [6.45, 7) is 3.75. The van der Waals surface area contributed by atoms with Gasteiger partial charge in [-0.05, 0) is 50.0 Å². The maximum atomic E-state index is 12.5. The number of amides is 1. The second kappa shape index (κ2) is 9.48. The monoisotopic (exact) mass is 412 g/mol. The SMILES string of the molecule is Cc1ccc(S(=O)(=O)N(C)CC(=O)NNC(=S)N[C@@H]2CCCC[C@@H]2C)cc1. The van der Waals surface area contributed by atoms with Crippen molar-refractivity contribution >= 4 is 33.3 Å². The summed E-state index contributed by atoms with van der Waals surface area (Å²) < 4.78 is 26.0. The van der Waals surface area contributed by atoms with Gasteiger partial charge in [0.2, 0.25) is 10.0 Å². The van der Waals surface area contributed by atoms with Crippen LogP contribution in [0.15, 0.2) is 29.2 Å². The average Bonchev–Trinajstić information content (AvgIpc) is 2.62. The van der Waals surface area contributed by atoms with Crippen LogP contribution in [-0.4, -0.2) is 43.4 Å². The van der Waals surface area contributed by atoms with Crippen LogP contribution in [0.1, 0.15) is 38.2 Å². The summed E-state index contributed by atoms with van der Waals surface area (Å²) in [5.41, 5.74) is 6.07. The van der Waals surface area contributed by atoms with Crippen molar-refractivity contribution in [1.82, 2.24) is 20.5 Å². The zero-order valence-corrected chi connectivity index (χ0v) is 17.6. The van der Waals surface area contributed by atoms with E-state index in [1.807, 2.05) is 6.92 Å². The van der Waals surface area contributed by atoms with E-state index < -0.39 is 15.9 Å². The minimum absolute atomic E-state index is 0.153. The van der Waals surface area contributed by atoms with Crippen molar-refractivity contribution in [3.63, 3.8) is 0 Å². The van der Waals surface area contributed by atoms with E-state index in [9.17, 15) is 13.2 Å². The molecule has 27 heavy (non-hydrogen) atoms. The Morgan fingerprint density at radius 2 is 1.81 bits per heavy atom. The van der Waals surface area contributed by atoms with Crippen molar-refractivity contribution in [2.24, 2.45) is 5.92 Å². The minimum atomic E-state index is -3.72. The highest BCUT2D eigenvalue weighted by Gasteiger charge is 2.24. The summed E-state index contributed by atoms with van der Waals surface area (Å²) >= 11 is 5.21. The molecule has 7 nitrogen and oxygen atoms in total. The number of hydrogen-bond donors (Lipinski definition) is 3. The molecule has 0 saturated heterocycles. The fourth-order valence-electron chi connectivity index (χ4n) is 3.08. The molecule has 1 aromatic carbocycles. The molecule has 1 aliphatic carbocycles.